The highest BCUT2D eigenvalue weighted by Gasteiger charge is 2.40. The summed E-state index contributed by atoms with van der Waals surface area (Å²) < 4.78 is 8.28. The molecule has 1 saturated heterocycles. The van der Waals surface area contributed by atoms with Gasteiger partial charge < -0.3 is 25.7 Å². The van der Waals surface area contributed by atoms with Crippen LogP contribution in [0.25, 0.3) is 10.9 Å². The Balaban J connectivity index is 1.08. The summed E-state index contributed by atoms with van der Waals surface area (Å²) in [7, 11) is 0. The van der Waals surface area contributed by atoms with Crippen molar-refractivity contribution in [2.24, 2.45) is 17.5 Å². The molecule has 5 N–H and O–H groups in total. The number of hydrogen-bond donors (Lipinski definition) is 3. The van der Waals surface area contributed by atoms with Gasteiger partial charge in [-0.1, -0.05) is 48.2 Å². The zero-order valence-electron chi connectivity index (χ0n) is 26.1. The maximum absolute atomic E-state index is 13.9. The summed E-state index contributed by atoms with van der Waals surface area (Å²) in [5.74, 6) is 7.30. The van der Waals surface area contributed by atoms with Gasteiger partial charge in [-0.3, -0.25) is 18.5 Å². The summed E-state index contributed by atoms with van der Waals surface area (Å²) >= 11 is 3.23. The van der Waals surface area contributed by atoms with Crippen LogP contribution in [0.5, 0.6) is 11.5 Å². The number of nitrogens with zero attached hydrogens (tertiary/aromatic N) is 4. The molecule has 244 valence electrons. The largest absolute Gasteiger partial charge is 0.455 e. The van der Waals surface area contributed by atoms with E-state index in [0.717, 1.165) is 48.3 Å². The molecule has 10 nitrogen and oxygen atoms in total. The van der Waals surface area contributed by atoms with Crippen LogP contribution in [0.2, 0.25) is 0 Å². The predicted octanol–water partition coefficient (Wildman–Crippen LogP) is 5.53. The van der Waals surface area contributed by atoms with Crippen LogP contribution in [-0.4, -0.2) is 49.8 Å². The molecule has 12 heteroatoms. The molecule has 4 heterocycles. The molecule has 2 amide bonds. The van der Waals surface area contributed by atoms with Crippen LogP contribution >= 0.6 is 23.7 Å². The van der Waals surface area contributed by atoms with Gasteiger partial charge in [-0.25, -0.2) is 5.84 Å². The van der Waals surface area contributed by atoms with Crippen molar-refractivity contribution in [3.63, 3.8) is 0 Å². The van der Waals surface area contributed by atoms with Gasteiger partial charge in [0.2, 0.25) is 11.8 Å². The van der Waals surface area contributed by atoms with Gasteiger partial charge in [0.15, 0.2) is 0 Å². The van der Waals surface area contributed by atoms with Crippen molar-refractivity contribution < 1.29 is 14.3 Å². The van der Waals surface area contributed by atoms with Gasteiger partial charge in [0.25, 0.3) is 0 Å². The summed E-state index contributed by atoms with van der Waals surface area (Å²) in [5, 5.41) is 5.62. The molecule has 0 radical (unpaired) electrons. The molecule has 0 spiro atoms. The molecule has 48 heavy (non-hydrogen) atoms. The second-order valence-electron chi connectivity index (χ2n) is 11.8. The minimum Gasteiger partial charge on any atom is -0.455 e. The Morgan fingerprint density at radius 3 is 2.71 bits per heavy atom. The van der Waals surface area contributed by atoms with Crippen LogP contribution in [-0.2, 0) is 22.6 Å². The second-order valence-corrected chi connectivity index (χ2v) is 13.9. The lowest BCUT2D eigenvalue weighted by Crippen LogP contribution is -2.46. The van der Waals surface area contributed by atoms with Gasteiger partial charge in [0.1, 0.15) is 17.5 Å². The fourth-order valence-electron chi connectivity index (χ4n) is 6.21. The summed E-state index contributed by atoms with van der Waals surface area (Å²) in [6, 6.07) is 27.2. The lowest BCUT2D eigenvalue weighted by molar-refractivity contribution is -0.138. The van der Waals surface area contributed by atoms with Crippen molar-refractivity contribution in [3.8, 4) is 11.5 Å². The van der Waals surface area contributed by atoms with Crippen LogP contribution in [0.3, 0.4) is 0 Å². The van der Waals surface area contributed by atoms with Crippen LogP contribution in [0.4, 0.5) is 0 Å². The minimum atomic E-state index is -0.643. The highest BCUT2D eigenvalue weighted by molar-refractivity contribution is 7.99. The summed E-state index contributed by atoms with van der Waals surface area (Å²) in [6.07, 6.45) is 7.17. The van der Waals surface area contributed by atoms with E-state index < -0.39 is 6.04 Å². The molecule has 7 rings (SSSR count). The van der Waals surface area contributed by atoms with Crippen LogP contribution < -0.4 is 21.6 Å². The third-order valence-electron chi connectivity index (χ3n) is 8.42. The Morgan fingerprint density at radius 1 is 1.04 bits per heavy atom. The smallest absolute Gasteiger partial charge is 0.243 e. The highest BCUT2D eigenvalue weighted by Crippen LogP contribution is 2.47. The number of benzene rings is 3. The Bertz CT molecular complexity index is 1980. The zero-order chi connectivity index (χ0) is 33.0. The maximum atomic E-state index is 13.9. The highest BCUT2D eigenvalue weighted by atomic mass is 32.2. The molecule has 1 fully saturated rings. The van der Waals surface area contributed by atoms with Gasteiger partial charge in [0, 0.05) is 48.2 Å². The van der Waals surface area contributed by atoms with E-state index in [1.165, 1.54) is 11.2 Å². The number of aromatic nitrogens is 2. The topological polar surface area (TPSA) is 132 Å². The number of fused-ring (bicyclic) bond motifs is 3. The van der Waals surface area contributed by atoms with E-state index in [2.05, 4.69) is 26.4 Å². The molecule has 2 aliphatic rings. The van der Waals surface area contributed by atoms with E-state index in [1.54, 1.807) is 41.0 Å². The Hall–Kier alpha value is -4.91. The third-order valence-corrected chi connectivity index (χ3v) is 10.6. The van der Waals surface area contributed by atoms with E-state index in [-0.39, 0.29) is 30.7 Å². The lowest BCUT2D eigenvalue weighted by atomic mass is 10.0. The van der Waals surface area contributed by atoms with Crippen LogP contribution in [0.15, 0.2) is 124 Å². The first-order valence-electron chi connectivity index (χ1n) is 15.7. The minimum absolute atomic E-state index is 0.0168. The van der Waals surface area contributed by atoms with Crippen molar-refractivity contribution in [2.45, 2.75) is 40.1 Å². The molecule has 2 aliphatic heterocycles. The predicted molar refractivity (Wildman–Crippen MR) is 188 cm³/mol. The maximum Gasteiger partial charge on any atom is 0.243 e. The average molecular weight is 678 g/mol. The number of amides is 2. The quantitative estimate of drug-likeness (QED) is 0.127. The van der Waals surface area contributed by atoms with Crippen LogP contribution in [0, 0.1) is 5.92 Å². The molecule has 2 atom stereocenters. The van der Waals surface area contributed by atoms with Crippen molar-refractivity contribution in [2.75, 3.05) is 13.1 Å². The van der Waals surface area contributed by atoms with Gasteiger partial charge in [-0.05, 0) is 78.4 Å². The van der Waals surface area contributed by atoms with E-state index in [4.69, 9.17) is 16.3 Å². The number of carbonyl (C=O) groups excluding carboxylic acids is 2. The molecule has 0 bridgehead atoms. The number of para-hydroxylation sites is 1. The normalized spacial score (nSPS) is 16.8. The van der Waals surface area contributed by atoms with Gasteiger partial charge >= 0.3 is 0 Å². The molecule has 2 aromatic heterocycles. The summed E-state index contributed by atoms with van der Waals surface area (Å²) in [5.41, 5.74) is 8.30. The second kappa shape index (κ2) is 14.1. The number of likely N-dealkylation sites (tertiary alicyclic amines) is 1. The number of hydrogen-bond acceptors (Lipinski definition) is 9. The first-order valence-corrected chi connectivity index (χ1v) is 17.3. The lowest BCUT2D eigenvalue weighted by Gasteiger charge is -2.25. The number of hydrazine groups is 1. The first-order chi connectivity index (χ1) is 23.4. The third kappa shape index (κ3) is 6.86. The van der Waals surface area contributed by atoms with Gasteiger partial charge in [-0.2, -0.15) is 0 Å². The summed E-state index contributed by atoms with van der Waals surface area (Å²) in [4.78, 5) is 36.9. The number of carbonyl (C=O) groups is 2. The number of rotatable bonds is 10. The van der Waals surface area contributed by atoms with E-state index >= 15 is 0 Å². The standard InChI is InChI=1S/C36H35N7O3S2/c37-13-15-41(38)22-25-16-30(36(45)40-21-27-19-26-20-39-14-12-29(26)43(27)48-28-6-2-1-3-7-28)42(23-25)35(44)18-24-10-11-34-32(17-24)46-31-8-4-5-9-33(31)47-34/h1-15,17,19-20,25,30H,16,18,21-23,37-38H2,(H,40,45)/b15-13-. The molecule has 3 aromatic carbocycles. The van der Waals surface area contributed by atoms with Crippen LogP contribution in [0.1, 0.15) is 17.7 Å². The number of ether oxygens (including phenoxy) is 1. The van der Waals surface area contributed by atoms with Gasteiger partial charge in [0.05, 0.1) is 34.0 Å². The van der Waals surface area contributed by atoms with Crippen molar-refractivity contribution in [1.29, 1.82) is 0 Å². The molecule has 0 saturated carbocycles. The number of nitrogens with one attached hydrogen (secondary N) is 1. The number of pyridine rings is 1. The molecule has 2 unspecified atom stereocenters. The van der Waals surface area contributed by atoms with Crippen molar-refractivity contribution in [3.05, 3.63) is 121 Å². The van der Waals surface area contributed by atoms with E-state index in [0.29, 0.717) is 19.5 Å². The fourth-order valence-corrected chi connectivity index (χ4v) is 8.13. The van der Waals surface area contributed by atoms with Crippen molar-refractivity contribution in [1.82, 2.24) is 24.2 Å². The number of nitrogens with two attached hydrogens (primary N) is 2. The molecular weight excluding hydrogens is 643 g/mol. The Kier molecular flexibility index (Phi) is 9.28. The molecular formula is C36H35N7O3S2. The van der Waals surface area contributed by atoms with E-state index in [1.807, 2.05) is 79.0 Å². The first kappa shape index (κ1) is 31.7. The van der Waals surface area contributed by atoms with E-state index in [9.17, 15) is 9.59 Å². The zero-order valence-corrected chi connectivity index (χ0v) is 27.7. The fraction of sp³-hybridized carbons (Fsp3) is 0.194. The SMILES string of the molecule is N/C=C\N(N)CC1CC(C(=O)NCc2cc3cnccc3n2Sc2ccccc2)N(C(=O)Cc2ccc3c(c2)Oc2ccccc2S3)C1. The van der Waals surface area contributed by atoms with Crippen molar-refractivity contribution >= 4 is 46.4 Å². The molecule has 0 aliphatic carbocycles. The van der Waals surface area contributed by atoms with Gasteiger partial charge in [-0.15, -0.1) is 0 Å². The Morgan fingerprint density at radius 2 is 1.85 bits per heavy atom. The molecule has 5 aromatic rings. The summed E-state index contributed by atoms with van der Waals surface area (Å²) in [6.45, 7) is 1.15. The average Bonchev–Trinajstić information content (AvgIpc) is 3.68. The Labute approximate surface area is 287 Å². The monoisotopic (exact) mass is 677 g/mol.